The van der Waals surface area contributed by atoms with E-state index in [1.165, 1.54) is 5.56 Å². The second-order valence-electron chi connectivity index (χ2n) is 4.69. The van der Waals surface area contributed by atoms with Gasteiger partial charge in [0.2, 0.25) is 0 Å². The maximum Gasteiger partial charge on any atom is 0.315 e. The first-order chi connectivity index (χ1) is 8.74. The van der Waals surface area contributed by atoms with Gasteiger partial charge in [-0.2, -0.15) is 0 Å². The van der Waals surface area contributed by atoms with Crippen LogP contribution in [0.3, 0.4) is 0 Å². The maximum atomic E-state index is 11.3. The molecule has 0 heterocycles. The van der Waals surface area contributed by atoms with Crippen molar-refractivity contribution in [3.05, 3.63) is 29.8 Å². The van der Waals surface area contributed by atoms with Crippen molar-refractivity contribution in [2.75, 3.05) is 13.2 Å². The van der Waals surface area contributed by atoms with E-state index >= 15 is 0 Å². The van der Waals surface area contributed by atoms with Gasteiger partial charge in [0.05, 0.1) is 6.61 Å². The van der Waals surface area contributed by atoms with Crippen molar-refractivity contribution in [2.45, 2.75) is 32.2 Å². The van der Waals surface area contributed by atoms with Crippen molar-refractivity contribution in [3.63, 3.8) is 0 Å². The Morgan fingerprint density at radius 2 is 2.06 bits per heavy atom. The number of ether oxygens (including phenoxy) is 1. The average molecular weight is 248 g/mol. The Kier molecular flexibility index (Phi) is 4.45. The summed E-state index contributed by atoms with van der Waals surface area (Å²) in [7, 11) is 0. The van der Waals surface area contributed by atoms with Crippen LogP contribution in [0.15, 0.2) is 24.3 Å². The molecule has 1 aliphatic rings. The van der Waals surface area contributed by atoms with Crippen molar-refractivity contribution >= 4 is 6.03 Å². The molecule has 1 saturated carbocycles. The highest BCUT2D eigenvalue weighted by Crippen LogP contribution is 2.18. The van der Waals surface area contributed by atoms with E-state index in [1.54, 1.807) is 0 Å². The minimum Gasteiger partial charge on any atom is -0.494 e. The topological polar surface area (TPSA) is 50.4 Å². The molecule has 2 N–H and O–H groups in total. The molecule has 0 spiro atoms. The Morgan fingerprint density at radius 3 is 2.72 bits per heavy atom. The Morgan fingerprint density at radius 1 is 1.33 bits per heavy atom. The summed E-state index contributed by atoms with van der Waals surface area (Å²) in [5.41, 5.74) is 1.22. The summed E-state index contributed by atoms with van der Waals surface area (Å²) in [6.45, 7) is 3.31. The van der Waals surface area contributed by atoms with Crippen LogP contribution >= 0.6 is 0 Å². The molecule has 2 rings (SSSR count). The van der Waals surface area contributed by atoms with Crippen molar-refractivity contribution in [3.8, 4) is 5.75 Å². The molecule has 0 radical (unpaired) electrons. The predicted molar refractivity (Wildman–Crippen MR) is 70.8 cm³/mol. The molecular formula is C14H20N2O2. The molecule has 0 atom stereocenters. The van der Waals surface area contributed by atoms with E-state index in [2.05, 4.69) is 10.6 Å². The molecule has 1 fully saturated rings. The number of amides is 2. The van der Waals surface area contributed by atoms with Crippen LogP contribution in [0.1, 0.15) is 24.8 Å². The van der Waals surface area contributed by atoms with Gasteiger partial charge in [-0.1, -0.05) is 17.7 Å². The van der Waals surface area contributed by atoms with Crippen LogP contribution in [0.5, 0.6) is 5.75 Å². The monoisotopic (exact) mass is 248 g/mol. The molecule has 0 aliphatic heterocycles. The van der Waals surface area contributed by atoms with Crippen LogP contribution in [0.25, 0.3) is 0 Å². The second-order valence-corrected chi connectivity index (χ2v) is 4.69. The predicted octanol–water partition coefficient (Wildman–Crippen LogP) is 2.23. The Labute approximate surface area is 108 Å². The highest BCUT2D eigenvalue weighted by molar-refractivity contribution is 5.74. The quantitative estimate of drug-likeness (QED) is 0.758. The largest absolute Gasteiger partial charge is 0.494 e. The molecule has 1 aromatic rings. The number of carbonyl (C=O) groups excluding carboxylic acids is 1. The van der Waals surface area contributed by atoms with Gasteiger partial charge in [-0.15, -0.1) is 0 Å². The van der Waals surface area contributed by atoms with E-state index < -0.39 is 0 Å². The number of rotatable bonds is 6. The Hall–Kier alpha value is -1.71. The van der Waals surface area contributed by atoms with E-state index in [0.717, 1.165) is 25.0 Å². The molecule has 0 aromatic heterocycles. The molecule has 0 saturated heterocycles. The Bertz CT molecular complexity index is 385. The van der Waals surface area contributed by atoms with Gasteiger partial charge in [-0.25, -0.2) is 4.79 Å². The van der Waals surface area contributed by atoms with E-state index in [4.69, 9.17) is 4.74 Å². The first-order valence-electron chi connectivity index (χ1n) is 6.48. The number of nitrogens with one attached hydrogen (secondary N) is 2. The van der Waals surface area contributed by atoms with E-state index in [1.807, 2.05) is 31.2 Å². The summed E-state index contributed by atoms with van der Waals surface area (Å²) in [6, 6.07) is 8.32. The van der Waals surface area contributed by atoms with Gasteiger partial charge in [0.1, 0.15) is 5.75 Å². The van der Waals surface area contributed by atoms with Gasteiger partial charge in [-0.05, 0) is 38.3 Å². The normalized spacial score (nSPS) is 14.1. The molecule has 4 heteroatoms. The summed E-state index contributed by atoms with van der Waals surface area (Å²) in [4.78, 5) is 11.3. The molecule has 1 aliphatic carbocycles. The lowest BCUT2D eigenvalue weighted by Gasteiger charge is -2.08. The zero-order chi connectivity index (χ0) is 12.8. The third-order valence-corrected chi connectivity index (χ3v) is 2.81. The fourth-order valence-corrected chi connectivity index (χ4v) is 1.56. The summed E-state index contributed by atoms with van der Waals surface area (Å²) < 4.78 is 5.56. The molecule has 0 bridgehead atoms. The van der Waals surface area contributed by atoms with Gasteiger partial charge in [-0.3, -0.25) is 0 Å². The molecule has 98 valence electrons. The number of hydrogen-bond acceptors (Lipinski definition) is 2. The third kappa shape index (κ3) is 4.65. The lowest BCUT2D eigenvalue weighted by atomic mass is 10.2. The number of benzene rings is 1. The van der Waals surface area contributed by atoms with Gasteiger partial charge in [0.25, 0.3) is 0 Å². The van der Waals surface area contributed by atoms with E-state index in [9.17, 15) is 4.79 Å². The lowest BCUT2D eigenvalue weighted by Crippen LogP contribution is -2.37. The number of urea groups is 1. The molecule has 4 nitrogen and oxygen atoms in total. The van der Waals surface area contributed by atoms with Crippen LogP contribution in [0.4, 0.5) is 4.79 Å². The van der Waals surface area contributed by atoms with E-state index in [-0.39, 0.29) is 6.03 Å². The maximum absolute atomic E-state index is 11.3. The molecule has 18 heavy (non-hydrogen) atoms. The van der Waals surface area contributed by atoms with Crippen molar-refractivity contribution in [2.24, 2.45) is 0 Å². The number of aryl methyl sites for hydroxylation is 1. The molecule has 0 unspecified atom stereocenters. The first kappa shape index (κ1) is 12.7. The van der Waals surface area contributed by atoms with Crippen molar-refractivity contribution in [1.82, 2.24) is 10.6 Å². The zero-order valence-corrected chi connectivity index (χ0v) is 10.7. The fourth-order valence-electron chi connectivity index (χ4n) is 1.56. The van der Waals surface area contributed by atoms with Crippen LogP contribution < -0.4 is 15.4 Å². The highest BCUT2D eigenvalue weighted by atomic mass is 16.5. The molecular weight excluding hydrogens is 228 g/mol. The van der Waals surface area contributed by atoms with Crippen LogP contribution in [0.2, 0.25) is 0 Å². The minimum absolute atomic E-state index is 0.0622. The first-order valence-corrected chi connectivity index (χ1v) is 6.48. The van der Waals surface area contributed by atoms with Crippen LogP contribution in [0, 0.1) is 6.92 Å². The zero-order valence-electron chi connectivity index (χ0n) is 10.7. The summed E-state index contributed by atoms with van der Waals surface area (Å²) >= 11 is 0. The van der Waals surface area contributed by atoms with Crippen molar-refractivity contribution in [1.29, 1.82) is 0 Å². The van der Waals surface area contributed by atoms with Crippen molar-refractivity contribution < 1.29 is 9.53 Å². The summed E-state index contributed by atoms with van der Waals surface area (Å²) in [5.74, 6) is 0.878. The third-order valence-electron chi connectivity index (χ3n) is 2.81. The number of hydrogen-bond donors (Lipinski definition) is 2. The smallest absolute Gasteiger partial charge is 0.315 e. The SMILES string of the molecule is Cc1ccc(OCCCNC(=O)NC2CC2)cc1. The Balaban J connectivity index is 1.52. The van der Waals surface area contributed by atoms with Crippen LogP contribution in [-0.2, 0) is 0 Å². The number of carbonyl (C=O) groups is 1. The molecule has 1 aromatic carbocycles. The second kappa shape index (κ2) is 6.28. The highest BCUT2D eigenvalue weighted by Gasteiger charge is 2.22. The minimum atomic E-state index is -0.0622. The van der Waals surface area contributed by atoms with Gasteiger partial charge in [0.15, 0.2) is 0 Å². The summed E-state index contributed by atoms with van der Waals surface area (Å²) in [5, 5.41) is 5.70. The average Bonchev–Trinajstić information content (AvgIpc) is 3.15. The van der Waals surface area contributed by atoms with Gasteiger partial charge in [0, 0.05) is 12.6 Å². The van der Waals surface area contributed by atoms with Gasteiger partial charge >= 0.3 is 6.03 Å². The summed E-state index contributed by atoms with van der Waals surface area (Å²) in [6.07, 6.45) is 3.04. The van der Waals surface area contributed by atoms with E-state index in [0.29, 0.717) is 19.2 Å². The molecule has 2 amide bonds. The fraction of sp³-hybridized carbons (Fsp3) is 0.500. The van der Waals surface area contributed by atoms with Crippen LogP contribution in [-0.4, -0.2) is 25.2 Å². The standard InChI is InChI=1S/C14H20N2O2/c1-11-3-7-13(8-4-11)18-10-2-9-15-14(17)16-12-5-6-12/h3-4,7-8,12H,2,5-6,9-10H2,1H3,(H2,15,16,17). The lowest BCUT2D eigenvalue weighted by molar-refractivity contribution is 0.238. The van der Waals surface area contributed by atoms with Gasteiger partial charge < -0.3 is 15.4 Å².